The highest BCUT2D eigenvalue weighted by atomic mass is 35.5. The Morgan fingerprint density at radius 3 is 1.52 bits per heavy atom. The van der Waals surface area contributed by atoms with Gasteiger partial charge in [-0.25, -0.2) is 35.2 Å². The minimum atomic E-state index is -0.0430. The van der Waals surface area contributed by atoms with Gasteiger partial charge in [0.1, 0.15) is 11.4 Å². The standard InChI is InChI=1S/C21H19N5O.C21H18N4O.ClH.H3NO/c1-3-17-6-4-9-21(23-17)26-20-12-15(10-11-16(20)13-22-26)19-8-5-7-18(24-19)14(2)25-27;1-3-17-6-4-9-21(23-17)25-20-12-15(10-11-16(20)13-22-25)19-8-5-7-18(24-19)14(2)26;;1-2/h4-13,27H,3H2,1-2H3;4-13H,3H2,1-2H3;1H;2H,1H2/b25-14+;;;. The number of nitrogens with zero attached hydrogens (tertiary/aromatic N) is 9. The van der Waals surface area contributed by atoms with Crippen molar-refractivity contribution in [3.8, 4) is 34.2 Å². The highest BCUT2D eigenvalue weighted by Gasteiger charge is 2.12. The van der Waals surface area contributed by atoms with Crippen LogP contribution >= 0.6 is 12.4 Å². The molecule has 0 aliphatic carbocycles. The molecule has 56 heavy (non-hydrogen) atoms. The highest BCUT2D eigenvalue weighted by molar-refractivity contribution is 5.97. The lowest BCUT2D eigenvalue weighted by atomic mass is 10.1. The lowest BCUT2D eigenvalue weighted by molar-refractivity contribution is 0.101. The van der Waals surface area contributed by atoms with E-state index >= 15 is 0 Å². The molecule has 0 spiro atoms. The zero-order chi connectivity index (χ0) is 38.9. The van der Waals surface area contributed by atoms with Gasteiger partial charge in [-0.05, 0) is 80.4 Å². The van der Waals surface area contributed by atoms with Crippen LogP contribution in [0.3, 0.4) is 0 Å². The number of aromatic nitrogens is 8. The Balaban J connectivity index is 0.000000202. The summed E-state index contributed by atoms with van der Waals surface area (Å²) >= 11 is 0. The van der Waals surface area contributed by atoms with E-state index in [-0.39, 0.29) is 18.2 Å². The molecule has 2 aromatic carbocycles. The number of benzene rings is 2. The number of fused-ring (bicyclic) bond motifs is 2. The van der Waals surface area contributed by atoms with Gasteiger partial charge in [-0.3, -0.25) is 4.79 Å². The van der Waals surface area contributed by atoms with Crippen molar-refractivity contribution in [1.82, 2.24) is 39.5 Å². The SMILES string of the molecule is CCc1cccc(-n2ncc3ccc(-c4cccc(/C(C)=N/O)n4)cc32)n1.CCc1cccc(-n2ncc3ccc(-c4cccc(C(C)=O)n4)cc32)n1.Cl.NO. The number of carbonyl (C=O) groups is 1. The van der Waals surface area contributed by atoms with E-state index in [0.29, 0.717) is 17.1 Å². The van der Waals surface area contributed by atoms with Gasteiger partial charge in [0.15, 0.2) is 17.4 Å². The predicted molar refractivity (Wildman–Crippen MR) is 220 cm³/mol. The molecule has 0 saturated carbocycles. The molecule has 284 valence electrons. The maximum atomic E-state index is 11.6. The average molecular weight is 769 g/mol. The Morgan fingerprint density at radius 2 is 1.07 bits per heavy atom. The lowest BCUT2D eigenvalue weighted by Crippen LogP contribution is -2.01. The minimum absolute atomic E-state index is 0. The van der Waals surface area contributed by atoms with Crippen LogP contribution in [-0.4, -0.2) is 61.4 Å². The number of ketones is 1. The smallest absolute Gasteiger partial charge is 0.178 e. The maximum Gasteiger partial charge on any atom is 0.178 e. The van der Waals surface area contributed by atoms with Gasteiger partial charge >= 0.3 is 0 Å². The monoisotopic (exact) mass is 768 g/mol. The van der Waals surface area contributed by atoms with Crippen LogP contribution in [0.25, 0.3) is 56.0 Å². The molecule has 4 N–H and O–H groups in total. The molecule has 8 rings (SSSR count). The van der Waals surface area contributed by atoms with E-state index in [1.165, 1.54) is 6.92 Å². The van der Waals surface area contributed by atoms with Crippen LogP contribution in [0.15, 0.2) is 127 Å². The van der Waals surface area contributed by atoms with E-state index in [4.69, 9.17) is 10.4 Å². The first-order valence-electron chi connectivity index (χ1n) is 17.6. The quantitative estimate of drug-likeness (QED) is 0.0589. The number of halogens is 1. The summed E-state index contributed by atoms with van der Waals surface area (Å²) in [6, 6.07) is 35.2. The van der Waals surface area contributed by atoms with Gasteiger partial charge in [0.05, 0.1) is 40.5 Å². The van der Waals surface area contributed by atoms with E-state index in [1.807, 2.05) is 119 Å². The third kappa shape index (κ3) is 8.82. The van der Waals surface area contributed by atoms with Crippen molar-refractivity contribution in [3.05, 3.63) is 144 Å². The fourth-order valence-corrected chi connectivity index (χ4v) is 5.92. The molecule has 8 aromatic rings. The molecular weight excluding hydrogens is 728 g/mol. The fourth-order valence-electron chi connectivity index (χ4n) is 5.92. The summed E-state index contributed by atoms with van der Waals surface area (Å²) in [5.74, 6) is 5.05. The number of rotatable bonds is 8. The van der Waals surface area contributed by atoms with Gasteiger partial charge in [0, 0.05) is 40.2 Å². The number of aryl methyl sites for hydroxylation is 2. The van der Waals surface area contributed by atoms with Crippen molar-refractivity contribution < 1.29 is 15.2 Å². The van der Waals surface area contributed by atoms with E-state index < -0.39 is 0 Å². The Hall–Kier alpha value is -6.67. The van der Waals surface area contributed by atoms with E-state index in [1.54, 1.807) is 13.0 Å². The van der Waals surface area contributed by atoms with Crippen LogP contribution in [0.5, 0.6) is 0 Å². The summed E-state index contributed by atoms with van der Waals surface area (Å²) in [6.07, 6.45) is 5.42. The zero-order valence-electron chi connectivity index (χ0n) is 31.3. The van der Waals surface area contributed by atoms with Crippen LogP contribution in [0, 0.1) is 0 Å². The van der Waals surface area contributed by atoms with Crippen LogP contribution in [0.2, 0.25) is 0 Å². The maximum absolute atomic E-state index is 11.6. The van der Waals surface area contributed by atoms with Crippen LogP contribution < -0.4 is 5.90 Å². The molecule has 0 unspecified atom stereocenters. The topological polar surface area (TPSA) is 183 Å². The number of Topliss-reactive ketones (excluding diaryl/α,β-unsaturated/α-hetero) is 1. The highest BCUT2D eigenvalue weighted by Crippen LogP contribution is 2.27. The van der Waals surface area contributed by atoms with Crippen molar-refractivity contribution in [2.24, 2.45) is 11.1 Å². The second kappa shape index (κ2) is 18.6. The molecule has 6 aromatic heterocycles. The van der Waals surface area contributed by atoms with Gasteiger partial charge in [-0.2, -0.15) is 10.2 Å². The summed E-state index contributed by atoms with van der Waals surface area (Å²) < 4.78 is 3.69. The first-order valence-corrected chi connectivity index (χ1v) is 17.6. The molecule has 0 atom stereocenters. The molecule has 0 amide bonds. The Morgan fingerprint density at radius 1 is 0.625 bits per heavy atom. The first kappa shape index (κ1) is 40.5. The van der Waals surface area contributed by atoms with Crippen LogP contribution in [-0.2, 0) is 12.8 Å². The molecule has 0 fully saturated rings. The third-order valence-electron chi connectivity index (χ3n) is 8.86. The molecule has 0 radical (unpaired) electrons. The van der Waals surface area contributed by atoms with Gasteiger partial charge < -0.3 is 10.4 Å². The molecule has 0 aliphatic heterocycles. The molecule has 0 aliphatic rings. The van der Waals surface area contributed by atoms with Gasteiger partial charge in [-0.15, -0.1) is 12.4 Å². The minimum Gasteiger partial charge on any atom is -0.411 e. The molecule has 0 saturated heterocycles. The summed E-state index contributed by atoms with van der Waals surface area (Å²) in [5.41, 5.74) is 9.03. The average Bonchev–Trinajstić information content (AvgIpc) is 3.88. The summed E-state index contributed by atoms with van der Waals surface area (Å²) in [4.78, 5) is 30.0. The molecular formula is C42H41ClN10O3. The van der Waals surface area contributed by atoms with Crippen molar-refractivity contribution in [2.45, 2.75) is 40.5 Å². The Kier molecular flexibility index (Phi) is 13.4. The van der Waals surface area contributed by atoms with E-state index in [2.05, 4.69) is 61.1 Å². The Bertz CT molecular complexity index is 2640. The van der Waals surface area contributed by atoms with Gasteiger partial charge in [-0.1, -0.05) is 67.5 Å². The van der Waals surface area contributed by atoms with Gasteiger partial charge in [0.2, 0.25) is 0 Å². The molecule has 14 heteroatoms. The zero-order valence-corrected chi connectivity index (χ0v) is 32.1. The number of nitrogens with two attached hydrogens (primary N) is 1. The number of pyridine rings is 4. The Labute approximate surface area is 329 Å². The molecule has 13 nitrogen and oxygen atoms in total. The third-order valence-corrected chi connectivity index (χ3v) is 8.86. The lowest BCUT2D eigenvalue weighted by Gasteiger charge is -2.07. The van der Waals surface area contributed by atoms with Crippen molar-refractivity contribution in [1.29, 1.82) is 0 Å². The number of oxime groups is 1. The van der Waals surface area contributed by atoms with Crippen molar-refractivity contribution in [2.75, 3.05) is 0 Å². The largest absolute Gasteiger partial charge is 0.411 e. The van der Waals surface area contributed by atoms with E-state index in [0.717, 1.165) is 80.2 Å². The second-order valence-electron chi connectivity index (χ2n) is 12.4. The summed E-state index contributed by atoms with van der Waals surface area (Å²) in [6.45, 7) is 7.41. The van der Waals surface area contributed by atoms with Gasteiger partial charge in [0.25, 0.3) is 0 Å². The number of hydrogen-bond donors (Lipinski definition) is 3. The first-order chi connectivity index (χ1) is 26.8. The van der Waals surface area contributed by atoms with Crippen molar-refractivity contribution >= 4 is 45.7 Å². The summed E-state index contributed by atoms with van der Waals surface area (Å²) in [5, 5.41) is 29.8. The molecule has 0 bridgehead atoms. The summed E-state index contributed by atoms with van der Waals surface area (Å²) in [7, 11) is 0. The number of carbonyl (C=O) groups excluding carboxylic acids is 1. The second-order valence-corrected chi connectivity index (χ2v) is 12.4. The molecule has 6 heterocycles. The predicted octanol–water partition coefficient (Wildman–Crippen LogP) is 8.25. The number of hydrogen-bond acceptors (Lipinski definition) is 11. The normalized spacial score (nSPS) is 10.9. The van der Waals surface area contributed by atoms with Crippen LogP contribution in [0.1, 0.15) is 55.3 Å². The fraction of sp³-hybridized carbons (Fsp3) is 0.143. The van der Waals surface area contributed by atoms with Crippen LogP contribution in [0.4, 0.5) is 0 Å². The van der Waals surface area contributed by atoms with E-state index in [9.17, 15) is 4.79 Å². The van der Waals surface area contributed by atoms with Crippen molar-refractivity contribution in [3.63, 3.8) is 0 Å².